The third-order valence-corrected chi connectivity index (χ3v) is 4.61. The Morgan fingerprint density at radius 1 is 1.17 bits per heavy atom. The molecule has 3 N–H and O–H groups in total. The molecule has 0 spiro atoms. The fraction of sp³-hybridized carbons (Fsp3) is 0. The molecule has 0 aliphatic rings. The zero-order chi connectivity index (χ0) is 13.1. The third kappa shape index (κ3) is 3.07. The van der Waals surface area contributed by atoms with Crippen LogP contribution in [0.15, 0.2) is 56.7 Å². The lowest BCUT2D eigenvalue weighted by atomic mass is 10.2. The number of nitrogens with two attached hydrogens (primary N) is 1. The molecule has 0 bridgehead atoms. The standard InChI is InChI=1S/C13H10BrClN2S/c14-10-3-1-2-4-11(10)18-12-7-8(15)5-6-9(12)13(16)17/h1-7H,(H3,16,17). The molecule has 0 fully saturated rings. The highest BCUT2D eigenvalue weighted by Gasteiger charge is 2.09. The number of amidine groups is 1. The van der Waals surface area contributed by atoms with E-state index in [0.29, 0.717) is 10.6 Å². The molecule has 2 aromatic rings. The number of nitrogen functional groups attached to an aromatic ring is 1. The van der Waals surface area contributed by atoms with E-state index in [9.17, 15) is 0 Å². The van der Waals surface area contributed by atoms with E-state index in [-0.39, 0.29) is 5.84 Å². The van der Waals surface area contributed by atoms with Gasteiger partial charge < -0.3 is 5.73 Å². The van der Waals surface area contributed by atoms with Crippen molar-refractivity contribution in [2.45, 2.75) is 9.79 Å². The lowest BCUT2D eigenvalue weighted by Gasteiger charge is -2.09. The van der Waals surface area contributed by atoms with Crippen molar-refractivity contribution in [2.75, 3.05) is 0 Å². The van der Waals surface area contributed by atoms with E-state index in [1.54, 1.807) is 12.1 Å². The van der Waals surface area contributed by atoms with Gasteiger partial charge in [0, 0.05) is 24.8 Å². The zero-order valence-corrected chi connectivity index (χ0v) is 12.4. The molecule has 2 nitrogen and oxygen atoms in total. The van der Waals surface area contributed by atoms with Crippen molar-refractivity contribution in [3.63, 3.8) is 0 Å². The van der Waals surface area contributed by atoms with E-state index in [1.807, 2.05) is 30.3 Å². The molecule has 0 saturated heterocycles. The predicted octanol–water partition coefficient (Wildman–Crippen LogP) is 4.54. The van der Waals surface area contributed by atoms with Crippen molar-refractivity contribution in [3.8, 4) is 0 Å². The van der Waals surface area contributed by atoms with E-state index in [4.69, 9.17) is 22.7 Å². The summed E-state index contributed by atoms with van der Waals surface area (Å²) < 4.78 is 1.00. The number of rotatable bonds is 3. The molecule has 0 heterocycles. The summed E-state index contributed by atoms with van der Waals surface area (Å²) in [6, 6.07) is 13.2. The van der Waals surface area contributed by atoms with Crippen LogP contribution in [-0.2, 0) is 0 Å². The molecule has 0 saturated carbocycles. The minimum Gasteiger partial charge on any atom is -0.384 e. The maximum absolute atomic E-state index is 7.58. The van der Waals surface area contributed by atoms with Gasteiger partial charge in [-0.1, -0.05) is 35.5 Å². The second kappa shape index (κ2) is 5.78. The number of hydrogen-bond donors (Lipinski definition) is 2. The van der Waals surface area contributed by atoms with Gasteiger partial charge in [0.1, 0.15) is 5.84 Å². The van der Waals surface area contributed by atoms with Crippen LogP contribution in [0.2, 0.25) is 5.02 Å². The van der Waals surface area contributed by atoms with Crippen LogP contribution in [0, 0.1) is 5.41 Å². The van der Waals surface area contributed by atoms with Crippen molar-refractivity contribution in [2.24, 2.45) is 5.73 Å². The van der Waals surface area contributed by atoms with Crippen LogP contribution in [0.3, 0.4) is 0 Å². The maximum atomic E-state index is 7.58. The van der Waals surface area contributed by atoms with Gasteiger partial charge in [-0.3, -0.25) is 5.41 Å². The highest BCUT2D eigenvalue weighted by Crippen LogP contribution is 2.36. The Hall–Kier alpha value is -0.970. The highest BCUT2D eigenvalue weighted by molar-refractivity contribution is 9.10. The normalized spacial score (nSPS) is 10.3. The Labute approximate surface area is 123 Å². The van der Waals surface area contributed by atoms with Gasteiger partial charge in [0.05, 0.1) is 0 Å². The quantitative estimate of drug-likeness (QED) is 0.636. The zero-order valence-electron chi connectivity index (χ0n) is 9.28. The van der Waals surface area contributed by atoms with E-state index >= 15 is 0 Å². The first-order chi connectivity index (χ1) is 8.58. The van der Waals surface area contributed by atoms with Gasteiger partial charge in [-0.05, 0) is 46.3 Å². The van der Waals surface area contributed by atoms with Gasteiger partial charge in [-0.15, -0.1) is 0 Å². The smallest absolute Gasteiger partial charge is 0.123 e. The molecule has 5 heteroatoms. The average molecular weight is 342 g/mol. The summed E-state index contributed by atoms with van der Waals surface area (Å²) in [4.78, 5) is 1.93. The van der Waals surface area contributed by atoms with Gasteiger partial charge in [0.15, 0.2) is 0 Å². The fourth-order valence-corrected chi connectivity index (χ4v) is 3.24. The topological polar surface area (TPSA) is 49.9 Å². The molecule has 0 unspecified atom stereocenters. The summed E-state index contributed by atoms with van der Waals surface area (Å²) in [6.45, 7) is 0. The minimum absolute atomic E-state index is 0.0428. The van der Waals surface area contributed by atoms with E-state index < -0.39 is 0 Å². The monoisotopic (exact) mass is 340 g/mol. The van der Waals surface area contributed by atoms with Crippen molar-refractivity contribution >= 4 is 45.1 Å². The van der Waals surface area contributed by atoms with Crippen LogP contribution in [-0.4, -0.2) is 5.84 Å². The number of nitrogens with one attached hydrogen (secondary N) is 1. The molecular formula is C13H10BrClN2S. The SMILES string of the molecule is N=C(N)c1ccc(Cl)cc1Sc1ccccc1Br. The summed E-state index contributed by atoms with van der Waals surface area (Å²) in [5.41, 5.74) is 6.27. The number of benzene rings is 2. The second-order valence-electron chi connectivity index (χ2n) is 3.59. The second-order valence-corrected chi connectivity index (χ2v) is 5.96. The Bertz CT molecular complexity index is 601. The lowest BCUT2D eigenvalue weighted by molar-refractivity contribution is 1.32. The molecule has 92 valence electrons. The Kier molecular flexibility index (Phi) is 4.32. The van der Waals surface area contributed by atoms with E-state index in [1.165, 1.54) is 11.8 Å². The van der Waals surface area contributed by atoms with Crippen molar-refractivity contribution in [3.05, 3.63) is 57.5 Å². The highest BCUT2D eigenvalue weighted by atomic mass is 79.9. The summed E-state index contributed by atoms with van der Waals surface area (Å²) in [5, 5.41) is 8.21. The molecule has 0 radical (unpaired) electrons. The van der Waals surface area contributed by atoms with Gasteiger partial charge in [0.2, 0.25) is 0 Å². The molecule has 0 aromatic heterocycles. The van der Waals surface area contributed by atoms with Crippen LogP contribution in [0.5, 0.6) is 0 Å². The largest absolute Gasteiger partial charge is 0.384 e. The molecule has 0 aliphatic carbocycles. The van der Waals surface area contributed by atoms with E-state index in [2.05, 4.69) is 15.9 Å². The molecule has 18 heavy (non-hydrogen) atoms. The van der Waals surface area contributed by atoms with Gasteiger partial charge in [-0.2, -0.15) is 0 Å². The van der Waals surface area contributed by atoms with Gasteiger partial charge in [0.25, 0.3) is 0 Å². The fourth-order valence-electron chi connectivity index (χ4n) is 1.45. The first kappa shape index (κ1) is 13.5. The van der Waals surface area contributed by atoms with Crippen LogP contribution in [0.4, 0.5) is 0 Å². The van der Waals surface area contributed by atoms with Crippen molar-refractivity contribution in [1.82, 2.24) is 0 Å². The molecule has 2 rings (SSSR count). The molecule has 0 aliphatic heterocycles. The van der Waals surface area contributed by atoms with Crippen LogP contribution in [0.1, 0.15) is 5.56 Å². The lowest BCUT2D eigenvalue weighted by Crippen LogP contribution is -2.12. The van der Waals surface area contributed by atoms with Gasteiger partial charge in [-0.25, -0.2) is 0 Å². The Morgan fingerprint density at radius 2 is 1.89 bits per heavy atom. The van der Waals surface area contributed by atoms with Crippen molar-refractivity contribution < 1.29 is 0 Å². The molecule has 0 atom stereocenters. The van der Waals surface area contributed by atoms with Gasteiger partial charge >= 0.3 is 0 Å². The first-order valence-corrected chi connectivity index (χ1v) is 7.13. The maximum Gasteiger partial charge on any atom is 0.123 e. The van der Waals surface area contributed by atoms with Crippen LogP contribution in [0.25, 0.3) is 0 Å². The number of hydrogen-bond acceptors (Lipinski definition) is 2. The van der Waals surface area contributed by atoms with E-state index in [0.717, 1.165) is 14.3 Å². The summed E-state index contributed by atoms with van der Waals surface area (Å²) in [5.74, 6) is 0.0428. The predicted molar refractivity (Wildman–Crippen MR) is 80.7 cm³/mol. The van der Waals surface area contributed by atoms with Crippen molar-refractivity contribution in [1.29, 1.82) is 5.41 Å². The Morgan fingerprint density at radius 3 is 2.56 bits per heavy atom. The minimum atomic E-state index is 0.0428. The summed E-state index contributed by atoms with van der Waals surface area (Å²) in [7, 11) is 0. The first-order valence-electron chi connectivity index (χ1n) is 5.14. The molecule has 2 aromatic carbocycles. The average Bonchev–Trinajstić information content (AvgIpc) is 2.32. The molecule has 0 amide bonds. The van der Waals surface area contributed by atoms with Crippen LogP contribution >= 0.6 is 39.3 Å². The molecular weight excluding hydrogens is 332 g/mol. The Balaban J connectivity index is 2.42. The number of halogens is 2. The van der Waals surface area contributed by atoms with Crippen LogP contribution < -0.4 is 5.73 Å². The summed E-state index contributed by atoms with van der Waals surface area (Å²) >= 11 is 11.0. The summed E-state index contributed by atoms with van der Waals surface area (Å²) in [6.07, 6.45) is 0. The third-order valence-electron chi connectivity index (χ3n) is 2.29.